The maximum Gasteiger partial charge on any atom is 0.161 e. The second kappa shape index (κ2) is 6.62. The molecule has 2 nitrogen and oxygen atoms in total. The van der Waals surface area contributed by atoms with E-state index in [0.29, 0.717) is 16.9 Å². The van der Waals surface area contributed by atoms with Gasteiger partial charge in [0.2, 0.25) is 0 Å². The smallest absolute Gasteiger partial charge is 0.161 e. The fraction of sp³-hybridized carbons (Fsp3) is 0.500. The molecule has 1 unspecified atom stereocenters. The van der Waals surface area contributed by atoms with Gasteiger partial charge in [-0.05, 0) is 24.1 Å². The molecule has 2 rings (SSSR count). The number of rotatable bonds is 4. The Morgan fingerprint density at radius 3 is 2.84 bits per heavy atom. The average Bonchev–Trinajstić information content (AvgIpc) is 2.84. The Bertz CT molecular complexity index is 475. The minimum atomic E-state index is -0.410. The summed E-state index contributed by atoms with van der Waals surface area (Å²) >= 11 is 7.42. The van der Waals surface area contributed by atoms with Gasteiger partial charge in [-0.3, -0.25) is 4.99 Å². The van der Waals surface area contributed by atoms with Crippen molar-refractivity contribution in [2.24, 2.45) is 10.9 Å². The fourth-order valence-electron chi connectivity index (χ4n) is 2.22. The first-order valence-corrected chi connectivity index (χ1v) is 7.83. The van der Waals surface area contributed by atoms with Crippen LogP contribution in [0.2, 0.25) is 5.02 Å². The molecular weight excluding hydrogens is 283 g/mol. The Morgan fingerprint density at radius 2 is 2.21 bits per heavy atom. The minimum Gasteiger partial charge on any atom is -0.335 e. The molecule has 0 fully saturated rings. The molecule has 1 atom stereocenters. The van der Waals surface area contributed by atoms with Crippen molar-refractivity contribution in [1.29, 1.82) is 0 Å². The molecule has 0 bridgehead atoms. The predicted molar refractivity (Wildman–Crippen MR) is 82.8 cm³/mol. The van der Waals surface area contributed by atoms with E-state index >= 15 is 0 Å². The van der Waals surface area contributed by atoms with Crippen LogP contribution in [-0.4, -0.2) is 17.0 Å². The maximum atomic E-state index is 13.3. The number of benzene rings is 1. The predicted octanol–water partition coefficient (Wildman–Crippen LogP) is 4.80. The highest BCUT2D eigenvalue weighted by Crippen LogP contribution is 2.31. The molecule has 0 radical (unpaired) electrons. The number of hydrogen-bond acceptors (Lipinski definition) is 3. The molecule has 104 valence electrons. The van der Waals surface area contributed by atoms with Gasteiger partial charge in [0.15, 0.2) is 5.17 Å². The molecule has 19 heavy (non-hydrogen) atoms. The Hall–Kier alpha value is -0.740. The first-order valence-electron chi connectivity index (χ1n) is 6.57. The summed E-state index contributed by atoms with van der Waals surface area (Å²) < 4.78 is 13.3. The number of amidine groups is 1. The lowest BCUT2D eigenvalue weighted by atomic mass is 9.99. The summed E-state index contributed by atoms with van der Waals surface area (Å²) in [5.41, 5.74) is 0.693. The van der Waals surface area contributed by atoms with Crippen LogP contribution < -0.4 is 5.32 Å². The van der Waals surface area contributed by atoms with Gasteiger partial charge in [-0.2, -0.15) is 0 Å². The number of hydrogen-bond donors (Lipinski definition) is 1. The number of aliphatic imine (C=N–C) groups is 1. The third-order valence-electron chi connectivity index (χ3n) is 3.42. The van der Waals surface area contributed by atoms with Crippen molar-refractivity contribution < 1.29 is 4.39 Å². The maximum absolute atomic E-state index is 13.3. The van der Waals surface area contributed by atoms with E-state index in [2.05, 4.69) is 24.2 Å². The molecule has 0 spiro atoms. The zero-order valence-corrected chi connectivity index (χ0v) is 12.7. The lowest BCUT2D eigenvalue weighted by molar-refractivity contribution is 0.479. The van der Waals surface area contributed by atoms with Gasteiger partial charge < -0.3 is 5.32 Å². The highest BCUT2D eigenvalue weighted by molar-refractivity contribution is 8.15. The van der Waals surface area contributed by atoms with Gasteiger partial charge in [0.1, 0.15) is 5.82 Å². The van der Waals surface area contributed by atoms with Gasteiger partial charge in [-0.25, -0.2) is 4.39 Å². The van der Waals surface area contributed by atoms with Crippen LogP contribution in [0.1, 0.15) is 26.7 Å². The summed E-state index contributed by atoms with van der Waals surface area (Å²) in [4.78, 5) is 4.49. The van der Waals surface area contributed by atoms with Crippen LogP contribution in [-0.2, 0) is 0 Å². The van der Waals surface area contributed by atoms with Crippen LogP contribution in [0.15, 0.2) is 23.2 Å². The van der Waals surface area contributed by atoms with Gasteiger partial charge in [-0.1, -0.05) is 50.1 Å². The summed E-state index contributed by atoms with van der Waals surface area (Å²) in [5, 5.41) is 4.71. The quantitative estimate of drug-likeness (QED) is 0.864. The Balaban J connectivity index is 1.96. The molecule has 0 aliphatic carbocycles. The van der Waals surface area contributed by atoms with Crippen LogP contribution in [0, 0.1) is 11.7 Å². The van der Waals surface area contributed by atoms with E-state index in [1.54, 1.807) is 23.9 Å². The molecule has 1 heterocycles. The van der Waals surface area contributed by atoms with E-state index in [-0.39, 0.29) is 5.02 Å². The van der Waals surface area contributed by atoms with Crippen molar-refractivity contribution in [2.75, 3.05) is 11.9 Å². The van der Waals surface area contributed by atoms with Gasteiger partial charge in [0.25, 0.3) is 0 Å². The monoisotopic (exact) mass is 300 g/mol. The molecular formula is C14H18ClFN2S. The number of thioether (sulfide) groups is 1. The Kier molecular flexibility index (Phi) is 5.11. The zero-order valence-electron chi connectivity index (χ0n) is 11.1. The van der Waals surface area contributed by atoms with E-state index in [4.69, 9.17) is 11.6 Å². The lowest BCUT2D eigenvalue weighted by Crippen LogP contribution is -2.17. The lowest BCUT2D eigenvalue weighted by Gasteiger charge is -2.18. The van der Waals surface area contributed by atoms with Crippen LogP contribution >= 0.6 is 23.4 Å². The molecule has 1 N–H and O–H groups in total. The topological polar surface area (TPSA) is 24.4 Å². The molecule has 0 aromatic heterocycles. The zero-order chi connectivity index (χ0) is 13.8. The molecule has 1 aromatic rings. The summed E-state index contributed by atoms with van der Waals surface area (Å²) in [7, 11) is 0. The first-order chi connectivity index (χ1) is 9.13. The van der Waals surface area contributed by atoms with Crippen molar-refractivity contribution >= 4 is 34.2 Å². The van der Waals surface area contributed by atoms with Crippen LogP contribution in [0.25, 0.3) is 0 Å². The third kappa shape index (κ3) is 3.63. The summed E-state index contributed by atoms with van der Waals surface area (Å²) in [6.45, 7) is 5.28. The van der Waals surface area contributed by atoms with Crippen molar-refractivity contribution in [3.05, 3.63) is 29.0 Å². The van der Waals surface area contributed by atoms with Crippen molar-refractivity contribution in [2.45, 2.75) is 31.9 Å². The largest absolute Gasteiger partial charge is 0.335 e. The van der Waals surface area contributed by atoms with Crippen LogP contribution in [0.3, 0.4) is 0 Å². The number of halogens is 2. The van der Waals surface area contributed by atoms with E-state index in [1.807, 2.05) is 0 Å². The summed E-state index contributed by atoms with van der Waals surface area (Å²) in [6, 6.07) is 4.71. The summed E-state index contributed by atoms with van der Waals surface area (Å²) in [5.74, 6) is 0.279. The van der Waals surface area contributed by atoms with Gasteiger partial charge >= 0.3 is 0 Å². The van der Waals surface area contributed by atoms with Crippen LogP contribution in [0.4, 0.5) is 10.1 Å². The number of anilines is 1. The molecule has 0 amide bonds. The molecule has 1 aliphatic heterocycles. The second-order valence-corrected chi connectivity index (χ2v) is 6.27. The van der Waals surface area contributed by atoms with Gasteiger partial charge in [0, 0.05) is 10.9 Å². The number of nitrogens with zero attached hydrogens (tertiary/aromatic N) is 1. The molecule has 0 saturated carbocycles. The van der Waals surface area contributed by atoms with Crippen LogP contribution in [0.5, 0.6) is 0 Å². The second-order valence-electron chi connectivity index (χ2n) is 4.63. The highest BCUT2D eigenvalue weighted by Gasteiger charge is 2.25. The molecule has 5 heteroatoms. The Morgan fingerprint density at radius 1 is 1.47 bits per heavy atom. The SMILES string of the molecule is CCC(CC)C1CN=C(Nc2ccc(Cl)c(F)c2)S1. The van der Waals surface area contributed by atoms with Crippen molar-refractivity contribution in [3.63, 3.8) is 0 Å². The normalized spacial score (nSPS) is 18.8. The molecule has 1 aliphatic rings. The number of nitrogens with one attached hydrogen (secondary N) is 1. The Labute approximate surface area is 122 Å². The van der Waals surface area contributed by atoms with E-state index in [1.165, 1.54) is 18.9 Å². The van der Waals surface area contributed by atoms with E-state index in [0.717, 1.165) is 11.7 Å². The molecule has 1 aromatic carbocycles. The van der Waals surface area contributed by atoms with Crippen molar-refractivity contribution in [1.82, 2.24) is 0 Å². The van der Waals surface area contributed by atoms with Crippen molar-refractivity contribution in [3.8, 4) is 0 Å². The minimum absolute atomic E-state index is 0.140. The molecule has 0 saturated heterocycles. The first kappa shape index (κ1) is 14.7. The third-order valence-corrected chi connectivity index (χ3v) is 5.02. The van der Waals surface area contributed by atoms with E-state index in [9.17, 15) is 4.39 Å². The van der Waals surface area contributed by atoms with E-state index < -0.39 is 5.82 Å². The fourth-order valence-corrected chi connectivity index (χ4v) is 3.67. The van der Waals surface area contributed by atoms with Gasteiger partial charge in [0.05, 0.1) is 11.6 Å². The summed E-state index contributed by atoms with van der Waals surface area (Å²) in [6.07, 6.45) is 2.35. The average molecular weight is 301 g/mol. The van der Waals surface area contributed by atoms with Gasteiger partial charge in [-0.15, -0.1) is 0 Å². The highest BCUT2D eigenvalue weighted by atomic mass is 35.5. The standard InChI is InChI=1S/C14H18ClFN2S/c1-3-9(4-2)13-8-17-14(19-13)18-10-5-6-11(15)12(16)7-10/h5-7,9,13H,3-4,8H2,1-2H3,(H,17,18).